The minimum Gasteiger partial charge on any atom is -0.549 e. The first-order valence-electron chi connectivity index (χ1n) is 4.35. The average Bonchev–Trinajstić information content (AvgIpc) is 1.78. The molecule has 6 heteroatoms. The van der Waals surface area contributed by atoms with Gasteiger partial charge in [-0.05, 0) is 6.92 Å². The van der Waals surface area contributed by atoms with Crippen LogP contribution in [0, 0.1) is 5.92 Å². The largest absolute Gasteiger partial charge is 0.549 e. The first-order valence-corrected chi connectivity index (χ1v) is 4.35. The van der Waals surface area contributed by atoms with Gasteiger partial charge in [0.15, 0.2) is 0 Å². The summed E-state index contributed by atoms with van der Waals surface area (Å²) in [5.41, 5.74) is 0. The Labute approximate surface area is 95.7 Å². The topological polar surface area (TPSA) is 77.4 Å². The van der Waals surface area contributed by atoms with Gasteiger partial charge in [0.05, 0.1) is 33.0 Å². The zero-order chi connectivity index (χ0) is 11.5. The quantitative estimate of drug-likeness (QED) is 0.465. The Morgan fingerprint density at radius 2 is 1.73 bits per heavy atom. The van der Waals surface area contributed by atoms with Crippen LogP contribution in [0.3, 0.4) is 0 Å². The SMILES string of the molecule is CC(=O)C(C(=O)[O-])C(O)C[N+](C)(C)C.Cl. The minimum atomic E-state index is -1.52. The molecular weight excluding hydrogens is 222 g/mol. The van der Waals surface area contributed by atoms with Crippen molar-refractivity contribution in [1.29, 1.82) is 0 Å². The van der Waals surface area contributed by atoms with E-state index in [1.807, 2.05) is 0 Å². The van der Waals surface area contributed by atoms with Gasteiger partial charge in [0.25, 0.3) is 0 Å². The number of hydrogen-bond acceptors (Lipinski definition) is 4. The molecule has 0 rings (SSSR count). The molecule has 1 N–H and O–H groups in total. The van der Waals surface area contributed by atoms with Gasteiger partial charge in [-0.1, -0.05) is 0 Å². The van der Waals surface area contributed by atoms with Crippen LogP contribution in [0.1, 0.15) is 6.92 Å². The first-order chi connectivity index (χ1) is 6.15. The van der Waals surface area contributed by atoms with E-state index < -0.39 is 23.8 Å². The smallest absolute Gasteiger partial charge is 0.141 e. The molecule has 0 spiro atoms. The van der Waals surface area contributed by atoms with E-state index in [2.05, 4.69) is 0 Å². The van der Waals surface area contributed by atoms with Crippen molar-refractivity contribution in [3.8, 4) is 0 Å². The third kappa shape index (κ3) is 6.43. The van der Waals surface area contributed by atoms with Crippen LogP contribution < -0.4 is 5.11 Å². The number of aliphatic hydroxyl groups is 1. The summed E-state index contributed by atoms with van der Waals surface area (Å²) in [5.74, 6) is -3.52. The van der Waals surface area contributed by atoms with E-state index in [-0.39, 0.29) is 19.0 Å². The number of carboxylic acid groups (broad SMARTS) is 1. The molecule has 5 nitrogen and oxygen atoms in total. The van der Waals surface area contributed by atoms with Gasteiger partial charge in [-0.3, -0.25) is 4.79 Å². The number of rotatable bonds is 5. The molecule has 0 saturated carbocycles. The van der Waals surface area contributed by atoms with Gasteiger partial charge in [-0.15, -0.1) is 12.4 Å². The molecule has 0 aromatic carbocycles. The standard InChI is InChI=1S/C9H17NO4.ClH/c1-6(11)8(9(13)14)7(12)5-10(2,3)4;/h7-8,12H,5H2,1-4H3;1H. The lowest BCUT2D eigenvalue weighted by atomic mass is 9.98. The van der Waals surface area contributed by atoms with Crippen molar-refractivity contribution in [2.75, 3.05) is 27.7 Å². The lowest BCUT2D eigenvalue weighted by molar-refractivity contribution is -0.873. The number of carbonyl (C=O) groups is 2. The van der Waals surface area contributed by atoms with E-state index in [9.17, 15) is 19.8 Å². The molecule has 0 aromatic heterocycles. The Bertz CT molecular complexity index is 223. The van der Waals surface area contributed by atoms with Crippen LogP contribution in [0.25, 0.3) is 0 Å². The Kier molecular flexibility index (Phi) is 6.76. The van der Waals surface area contributed by atoms with Gasteiger partial charge in [0.2, 0.25) is 0 Å². The van der Waals surface area contributed by atoms with E-state index in [0.29, 0.717) is 4.48 Å². The van der Waals surface area contributed by atoms with E-state index in [1.54, 1.807) is 21.1 Å². The van der Waals surface area contributed by atoms with Crippen LogP contribution in [-0.4, -0.2) is 55.1 Å². The van der Waals surface area contributed by atoms with Crippen LogP contribution >= 0.6 is 12.4 Å². The number of aliphatic carboxylic acids is 1. The fourth-order valence-corrected chi connectivity index (χ4v) is 1.26. The maximum atomic E-state index is 10.9. The summed E-state index contributed by atoms with van der Waals surface area (Å²) < 4.78 is 0.387. The number of aliphatic hydroxyl groups excluding tert-OH is 1. The summed E-state index contributed by atoms with van der Waals surface area (Å²) in [4.78, 5) is 21.5. The molecule has 0 fully saturated rings. The highest BCUT2D eigenvalue weighted by Crippen LogP contribution is 2.08. The normalized spacial score (nSPS) is 15.0. The second-order valence-electron chi connectivity index (χ2n) is 4.45. The van der Waals surface area contributed by atoms with Gasteiger partial charge in [-0.2, -0.15) is 0 Å². The summed E-state index contributed by atoms with van der Waals surface area (Å²) in [6, 6.07) is 0. The van der Waals surface area contributed by atoms with Gasteiger partial charge in [-0.25, -0.2) is 0 Å². The Balaban J connectivity index is 0. The van der Waals surface area contributed by atoms with Crippen molar-refractivity contribution in [3.63, 3.8) is 0 Å². The minimum absolute atomic E-state index is 0. The van der Waals surface area contributed by atoms with Crippen molar-refractivity contribution in [2.24, 2.45) is 5.92 Å². The van der Waals surface area contributed by atoms with Crippen LogP contribution in [0.15, 0.2) is 0 Å². The number of Topliss-reactive ketones (excluding diaryl/α,β-unsaturated/α-hetero) is 1. The highest BCUT2D eigenvalue weighted by atomic mass is 35.5. The molecule has 2 unspecified atom stereocenters. The highest BCUT2D eigenvalue weighted by molar-refractivity contribution is 5.96. The number of ketones is 1. The van der Waals surface area contributed by atoms with Crippen LogP contribution in [0.5, 0.6) is 0 Å². The molecule has 2 atom stereocenters. The lowest BCUT2D eigenvalue weighted by Gasteiger charge is -2.30. The molecule has 90 valence electrons. The van der Waals surface area contributed by atoms with Crippen molar-refractivity contribution in [3.05, 3.63) is 0 Å². The zero-order valence-electron chi connectivity index (χ0n) is 9.39. The predicted molar refractivity (Wildman–Crippen MR) is 55.3 cm³/mol. The first kappa shape index (κ1) is 16.8. The number of carbonyl (C=O) groups excluding carboxylic acids is 2. The number of carboxylic acids is 1. The van der Waals surface area contributed by atoms with Crippen molar-refractivity contribution < 1.29 is 24.3 Å². The van der Waals surface area contributed by atoms with E-state index in [4.69, 9.17) is 0 Å². The summed E-state index contributed by atoms with van der Waals surface area (Å²) in [6.07, 6.45) is -1.20. The molecule has 0 saturated heterocycles. The molecule has 0 amide bonds. The predicted octanol–water partition coefficient (Wildman–Crippen LogP) is -1.57. The van der Waals surface area contributed by atoms with Crippen LogP contribution in [0.4, 0.5) is 0 Å². The third-order valence-electron chi connectivity index (χ3n) is 1.81. The van der Waals surface area contributed by atoms with Crippen molar-refractivity contribution >= 4 is 24.2 Å². The zero-order valence-corrected chi connectivity index (χ0v) is 10.2. The Morgan fingerprint density at radius 1 is 1.33 bits per heavy atom. The van der Waals surface area contributed by atoms with E-state index in [0.717, 1.165) is 6.92 Å². The van der Waals surface area contributed by atoms with Gasteiger partial charge >= 0.3 is 0 Å². The average molecular weight is 240 g/mol. The fourth-order valence-electron chi connectivity index (χ4n) is 1.26. The summed E-state index contributed by atoms with van der Waals surface area (Å²) in [6.45, 7) is 1.33. The Hall–Kier alpha value is -0.650. The molecule has 0 radical (unpaired) electrons. The lowest BCUT2D eigenvalue weighted by Crippen LogP contribution is -2.50. The number of likely N-dealkylation sites (N-methyl/N-ethyl adjacent to an activating group) is 1. The van der Waals surface area contributed by atoms with Crippen molar-refractivity contribution in [2.45, 2.75) is 13.0 Å². The van der Waals surface area contributed by atoms with Crippen molar-refractivity contribution in [1.82, 2.24) is 0 Å². The number of quaternary nitrogens is 1. The van der Waals surface area contributed by atoms with E-state index in [1.165, 1.54) is 0 Å². The van der Waals surface area contributed by atoms with Gasteiger partial charge in [0.1, 0.15) is 18.4 Å². The summed E-state index contributed by atoms with van der Waals surface area (Å²) in [5, 5.41) is 20.1. The number of halogens is 1. The maximum absolute atomic E-state index is 10.9. The molecular formula is C9H18ClNO4. The van der Waals surface area contributed by atoms with Crippen LogP contribution in [-0.2, 0) is 9.59 Å². The number of hydrogen-bond donors (Lipinski definition) is 1. The van der Waals surface area contributed by atoms with Gasteiger partial charge < -0.3 is 19.5 Å². The maximum Gasteiger partial charge on any atom is 0.141 e. The second-order valence-corrected chi connectivity index (χ2v) is 4.45. The summed E-state index contributed by atoms with van der Waals surface area (Å²) in [7, 11) is 5.40. The van der Waals surface area contributed by atoms with E-state index >= 15 is 0 Å². The third-order valence-corrected chi connectivity index (χ3v) is 1.81. The molecule has 0 heterocycles. The molecule has 15 heavy (non-hydrogen) atoms. The van der Waals surface area contributed by atoms with Gasteiger partial charge in [0, 0.05) is 0 Å². The monoisotopic (exact) mass is 239 g/mol. The second kappa shape index (κ2) is 6.05. The fraction of sp³-hybridized carbons (Fsp3) is 0.778. The Morgan fingerprint density at radius 3 is 1.93 bits per heavy atom. The molecule has 0 bridgehead atoms. The molecule has 0 aromatic rings. The van der Waals surface area contributed by atoms with Crippen LogP contribution in [0.2, 0.25) is 0 Å². The molecule has 0 aliphatic carbocycles. The summed E-state index contributed by atoms with van der Waals surface area (Å²) >= 11 is 0. The molecule has 0 aliphatic rings. The highest BCUT2D eigenvalue weighted by Gasteiger charge is 2.29. The molecule has 0 aliphatic heterocycles. The number of nitrogens with zero attached hydrogens (tertiary/aromatic N) is 1.